The van der Waals surface area contributed by atoms with Gasteiger partial charge in [-0.25, -0.2) is 8.42 Å². The average Bonchev–Trinajstić information content (AvgIpc) is 2.33. The lowest BCUT2D eigenvalue weighted by Gasteiger charge is -2.26. The summed E-state index contributed by atoms with van der Waals surface area (Å²) < 4.78 is 26.9. The highest BCUT2D eigenvalue weighted by molar-refractivity contribution is 7.90. The summed E-state index contributed by atoms with van der Waals surface area (Å²) in [5, 5.41) is 3.08. The smallest absolute Gasteiger partial charge is 0.224 e. The Hall–Kier alpha value is -0.660. The van der Waals surface area contributed by atoms with E-state index in [0.717, 1.165) is 0 Å². The predicted octanol–water partition coefficient (Wildman–Crippen LogP) is -0.740. The summed E-state index contributed by atoms with van der Waals surface area (Å²) in [5.74, 6) is 0.325. The number of hydrogen-bond acceptors (Lipinski definition) is 5. The van der Waals surface area contributed by atoms with Gasteiger partial charge in [0, 0.05) is 32.3 Å². The van der Waals surface area contributed by atoms with E-state index in [-0.39, 0.29) is 11.7 Å². The predicted molar refractivity (Wildman–Crippen MR) is 69.2 cm³/mol. The molecule has 0 aromatic rings. The van der Waals surface area contributed by atoms with Crippen LogP contribution in [-0.2, 0) is 19.4 Å². The van der Waals surface area contributed by atoms with Gasteiger partial charge in [0.2, 0.25) is 5.91 Å². The van der Waals surface area contributed by atoms with Crippen LogP contribution in [0.5, 0.6) is 0 Å². The van der Waals surface area contributed by atoms with Crippen molar-refractivity contribution in [2.45, 2.75) is 12.8 Å². The Morgan fingerprint density at radius 2 is 1.94 bits per heavy atom. The molecule has 0 aromatic carbocycles. The van der Waals surface area contributed by atoms with Crippen LogP contribution in [0, 0.1) is 0 Å². The van der Waals surface area contributed by atoms with Crippen molar-refractivity contribution in [3.8, 4) is 0 Å². The van der Waals surface area contributed by atoms with Crippen molar-refractivity contribution in [1.29, 1.82) is 0 Å². The molecule has 1 aliphatic rings. The highest BCUT2D eigenvalue weighted by Crippen LogP contribution is 1.99. The molecule has 1 saturated heterocycles. The summed E-state index contributed by atoms with van der Waals surface area (Å²) in [6.07, 6.45) is 2.28. The monoisotopic (exact) mass is 278 g/mol. The van der Waals surface area contributed by atoms with Gasteiger partial charge in [-0.2, -0.15) is 0 Å². The molecular weight excluding hydrogens is 256 g/mol. The normalized spacial score (nSPS) is 16.8. The van der Waals surface area contributed by atoms with E-state index < -0.39 is 9.84 Å². The fourth-order valence-electron chi connectivity index (χ4n) is 1.75. The van der Waals surface area contributed by atoms with Gasteiger partial charge in [-0.1, -0.05) is 0 Å². The molecule has 1 heterocycles. The molecule has 0 saturated carbocycles. The topological polar surface area (TPSA) is 75.7 Å². The Morgan fingerprint density at radius 1 is 1.28 bits per heavy atom. The lowest BCUT2D eigenvalue weighted by Crippen LogP contribution is -2.41. The highest BCUT2D eigenvalue weighted by atomic mass is 32.2. The minimum atomic E-state index is -2.87. The molecule has 0 spiro atoms. The third-order valence-electron chi connectivity index (χ3n) is 2.75. The molecule has 0 unspecified atom stereocenters. The Labute approximate surface area is 109 Å². The van der Waals surface area contributed by atoms with E-state index in [4.69, 9.17) is 4.74 Å². The second kappa shape index (κ2) is 7.70. The molecule has 106 valence electrons. The zero-order chi connectivity index (χ0) is 13.4. The third kappa shape index (κ3) is 6.93. The third-order valence-corrected chi connectivity index (χ3v) is 3.78. The van der Waals surface area contributed by atoms with Crippen LogP contribution in [0.1, 0.15) is 12.8 Å². The standard InChI is InChI=1S/C11H22N2O4S/c1-18(15,16)10-2-4-12-5-3-11(14)13-6-8-17-9-7-13/h12H,2-10H2,1H3. The summed E-state index contributed by atoms with van der Waals surface area (Å²) in [5.41, 5.74) is 0. The van der Waals surface area contributed by atoms with Gasteiger partial charge in [-0.05, 0) is 13.0 Å². The number of amides is 1. The quantitative estimate of drug-likeness (QED) is 0.621. The first-order chi connectivity index (χ1) is 8.49. The zero-order valence-corrected chi connectivity index (χ0v) is 11.7. The van der Waals surface area contributed by atoms with Crippen molar-refractivity contribution in [3.05, 3.63) is 0 Å². The molecule has 0 aromatic heterocycles. The Balaban J connectivity index is 2.01. The van der Waals surface area contributed by atoms with Crippen LogP contribution in [0.4, 0.5) is 0 Å². The van der Waals surface area contributed by atoms with Gasteiger partial charge in [0.15, 0.2) is 0 Å². The molecular formula is C11H22N2O4S. The van der Waals surface area contributed by atoms with E-state index >= 15 is 0 Å². The molecule has 1 fully saturated rings. The van der Waals surface area contributed by atoms with Crippen molar-refractivity contribution in [1.82, 2.24) is 10.2 Å². The molecule has 1 rings (SSSR count). The van der Waals surface area contributed by atoms with Gasteiger partial charge >= 0.3 is 0 Å². The van der Waals surface area contributed by atoms with Crippen molar-refractivity contribution in [2.75, 3.05) is 51.4 Å². The molecule has 1 amide bonds. The van der Waals surface area contributed by atoms with Crippen molar-refractivity contribution < 1.29 is 17.9 Å². The number of carbonyl (C=O) groups is 1. The first kappa shape index (κ1) is 15.4. The molecule has 1 N–H and O–H groups in total. The first-order valence-electron chi connectivity index (χ1n) is 6.23. The molecule has 0 aliphatic carbocycles. The zero-order valence-electron chi connectivity index (χ0n) is 10.9. The number of morpholine rings is 1. The van der Waals surface area contributed by atoms with Crippen LogP contribution in [0.2, 0.25) is 0 Å². The van der Waals surface area contributed by atoms with E-state index in [1.165, 1.54) is 6.26 Å². The van der Waals surface area contributed by atoms with Gasteiger partial charge in [-0.3, -0.25) is 4.79 Å². The molecule has 1 aliphatic heterocycles. The minimum Gasteiger partial charge on any atom is -0.378 e. The fraction of sp³-hybridized carbons (Fsp3) is 0.909. The maximum atomic E-state index is 11.7. The first-order valence-corrected chi connectivity index (χ1v) is 8.29. The number of rotatable bonds is 7. The van der Waals surface area contributed by atoms with E-state index in [1.54, 1.807) is 0 Å². The van der Waals surface area contributed by atoms with Gasteiger partial charge in [0.1, 0.15) is 9.84 Å². The van der Waals surface area contributed by atoms with Gasteiger partial charge in [-0.15, -0.1) is 0 Å². The second-order valence-electron chi connectivity index (χ2n) is 4.48. The Kier molecular flexibility index (Phi) is 6.59. The van der Waals surface area contributed by atoms with Crippen molar-refractivity contribution in [3.63, 3.8) is 0 Å². The molecule has 0 radical (unpaired) electrons. The summed E-state index contributed by atoms with van der Waals surface area (Å²) in [6, 6.07) is 0. The lowest BCUT2D eigenvalue weighted by atomic mass is 10.3. The second-order valence-corrected chi connectivity index (χ2v) is 6.74. The van der Waals surface area contributed by atoms with Crippen molar-refractivity contribution >= 4 is 15.7 Å². The summed E-state index contributed by atoms with van der Waals surface area (Å²) in [6.45, 7) is 3.81. The molecule has 18 heavy (non-hydrogen) atoms. The van der Waals surface area contributed by atoms with Gasteiger partial charge < -0.3 is 15.0 Å². The van der Waals surface area contributed by atoms with Crippen LogP contribution < -0.4 is 5.32 Å². The number of nitrogens with one attached hydrogen (secondary N) is 1. The summed E-state index contributed by atoms with van der Waals surface area (Å²) in [7, 11) is -2.87. The number of ether oxygens (including phenoxy) is 1. The van der Waals surface area contributed by atoms with Gasteiger partial charge in [0.05, 0.1) is 19.0 Å². The summed E-state index contributed by atoms with van der Waals surface area (Å²) in [4.78, 5) is 13.5. The number of hydrogen-bond donors (Lipinski definition) is 1. The van der Waals surface area contributed by atoms with Crippen LogP contribution in [0.25, 0.3) is 0 Å². The van der Waals surface area contributed by atoms with E-state index in [2.05, 4.69) is 5.32 Å². The van der Waals surface area contributed by atoms with E-state index in [0.29, 0.717) is 52.2 Å². The molecule has 6 nitrogen and oxygen atoms in total. The van der Waals surface area contributed by atoms with Crippen LogP contribution in [-0.4, -0.2) is 70.6 Å². The number of nitrogens with zero attached hydrogens (tertiary/aromatic N) is 1. The van der Waals surface area contributed by atoms with Crippen LogP contribution in [0.3, 0.4) is 0 Å². The lowest BCUT2D eigenvalue weighted by molar-refractivity contribution is -0.135. The maximum Gasteiger partial charge on any atom is 0.224 e. The SMILES string of the molecule is CS(=O)(=O)CCCNCCC(=O)N1CCOCC1. The molecule has 7 heteroatoms. The van der Waals surface area contributed by atoms with E-state index in [1.807, 2.05) is 4.90 Å². The largest absolute Gasteiger partial charge is 0.378 e. The number of sulfone groups is 1. The van der Waals surface area contributed by atoms with Gasteiger partial charge in [0.25, 0.3) is 0 Å². The van der Waals surface area contributed by atoms with Crippen LogP contribution >= 0.6 is 0 Å². The fourth-order valence-corrected chi connectivity index (χ4v) is 2.42. The summed E-state index contributed by atoms with van der Waals surface area (Å²) >= 11 is 0. The Morgan fingerprint density at radius 3 is 2.56 bits per heavy atom. The maximum absolute atomic E-state index is 11.7. The van der Waals surface area contributed by atoms with E-state index in [9.17, 15) is 13.2 Å². The minimum absolute atomic E-state index is 0.133. The van der Waals surface area contributed by atoms with Crippen molar-refractivity contribution in [2.24, 2.45) is 0 Å². The molecule has 0 bridgehead atoms. The van der Waals surface area contributed by atoms with Crippen LogP contribution in [0.15, 0.2) is 0 Å². The Bertz CT molecular complexity index is 350. The molecule has 0 atom stereocenters. The highest BCUT2D eigenvalue weighted by Gasteiger charge is 2.15. The number of carbonyl (C=O) groups excluding carboxylic acids is 1. The average molecular weight is 278 g/mol.